The second-order valence-corrected chi connectivity index (χ2v) is 20.5. The molecule has 1 heterocycles. The molecule has 1 aliphatic heterocycles. The van der Waals surface area contributed by atoms with Gasteiger partial charge >= 0.3 is 5.97 Å². The van der Waals surface area contributed by atoms with E-state index in [9.17, 15) is 68.1 Å². The first-order valence-corrected chi connectivity index (χ1v) is 27.5. The summed E-state index contributed by atoms with van der Waals surface area (Å²) < 4.78 is 5.74. The Morgan fingerprint density at radius 2 is 1.32 bits per heavy atom. The Morgan fingerprint density at radius 3 is 1.89 bits per heavy atom. The Bertz CT molecular complexity index is 2140. The summed E-state index contributed by atoms with van der Waals surface area (Å²) in [6.07, 6.45) is 3.42. The summed E-state index contributed by atoms with van der Waals surface area (Å²) in [6, 6.07) is -10.2. The summed E-state index contributed by atoms with van der Waals surface area (Å²) in [5.74, 6) is -11.8. The number of rotatable bonds is 26. The summed E-state index contributed by atoms with van der Waals surface area (Å²) in [5, 5.41) is 51.5. The number of allylic oxidation sites excluding steroid dienone is 1. The number of aliphatic hydroxyl groups excluding tert-OH is 3. The van der Waals surface area contributed by atoms with Crippen LogP contribution in [0.3, 0.4) is 0 Å². The lowest BCUT2D eigenvalue weighted by Crippen LogP contribution is -2.62. The number of unbranched alkanes of at least 4 members (excludes halogenated alkanes) is 8. The molecule has 80 heavy (non-hydrogen) atoms. The van der Waals surface area contributed by atoms with Crippen molar-refractivity contribution in [2.24, 2.45) is 28.1 Å². The number of cyclic esters (lactones) is 1. The minimum Gasteiger partial charge on any atom is -0.458 e. The molecule has 10 amide bonds. The number of ether oxygens (including phenoxy) is 1. The van der Waals surface area contributed by atoms with E-state index in [-0.39, 0.29) is 50.5 Å². The van der Waals surface area contributed by atoms with Gasteiger partial charge in [0.15, 0.2) is 5.96 Å². The zero-order chi connectivity index (χ0) is 60.6. The largest absolute Gasteiger partial charge is 0.458 e. The highest BCUT2D eigenvalue weighted by Gasteiger charge is 2.39. The van der Waals surface area contributed by atoms with Gasteiger partial charge in [-0.15, -0.1) is 0 Å². The predicted molar refractivity (Wildman–Crippen MR) is 293 cm³/mol. The van der Waals surface area contributed by atoms with E-state index in [1.165, 1.54) is 39.2 Å². The van der Waals surface area contributed by atoms with Gasteiger partial charge in [0.25, 0.3) is 5.91 Å². The van der Waals surface area contributed by atoms with Crippen LogP contribution in [0.15, 0.2) is 16.8 Å². The summed E-state index contributed by atoms with van der Waals surface area (Å²) in [4.78, 5) is 154. The molecule has 0 aromatic carbocycles. The third kappa shape index (κ3) is 27.8. The average molecular weight is 1140 g/mol. The van der Waals surface area contributed by atoms with Crippen molar-refractivity contribution >= 4 is 71.0 Å². The Labute approximate surface area is 468 Å². The SMILES string of the molecule is C/C=C(\NC(=O)CC(O)CCCCCCCCCCC)C(=O)NC1C(=O)NC(C(C)O)C(=O)NC(CC(C)C)C(=O)NCC(=O)NC(CCC(N)=O)C(=O)NCC(=O)N(C)C(C(C)O)C(=O)NC(CCCN=C(N)N)C(=O)OC1C. The number of carbonyl (C=O) groups is 11. The van der Waals surface area contributed by atoms with Crippen LogP contribution in [0.1, 0.15) is 151 Å². The van der Waals surface area contributed by atoms with Crippen LogP contribution in [-0.4, -0.2) is 179 Å². The van der Waals surface area contributed by atoms with Crippen molar-refractivity contribution in [3.8, 4) is 0 Å². The minimum atomic E-state index is -1.97. The molecule has 0 bridgehead atoms. The quantitative estimate of drug-likeness (QED) is 0.0137. The van der Waals surface area contributed by atoms with E-state index >= 15 is 0 Å². The lowest BCUT2D eigenvalue weighted by molar-refractivity contribution is -0.157. The number of carbonyl (C=O) groups excluding carboxylic acids is 11. The Balaban J connectivity index is 3.82. The van der Waals surface area contributed by atoms with E-state index in [4.69, 9.17) is 21.9 Å². The summed E-state index contributed by atoms with van der Waals surface area (Å²) >= 11 is 0. The molecule has 0 aliphatic carbocycles. The summed E-state index contributed by atoms with van der Waals surface area (Å²) in [7, 11) is 1.11. The molecule has 454 valence electrons. The molecule has 10 unspecified atom stereocenters. The number of guanidine groups is 1. The third-order valence-electron chi connectivity index (χ3n) is 12.9. The Kier molecular flexibility index (Phi) is 33.6. The Morgan fingerprint density at radius 1 is 0.738 bits per heavy atom. The third-order valence-corrected chi connectivity index (χ3v) is 12.9. The van der Waals surface area contributed by atoms with E-state index in [0.717, 1.165) is 57.9 Å². The fraction of sp³-hybridized carbons (Fsp3) is 0.731. The number of hydrogen-bond acceptors (Lipinski definition) is 16. The van der Waals surface area contributed by atoms with Gasteiger partial charge in [0.05, 0.1) is 37.8 Å². The standard InChI is InChI=1S/C52H91N13O15/c1-9-11-12-13-14-15-16-17-18-20-33(68)26-39(70)59-34(10-2)47(75)64-43-32(7)80-51(79)36(21-19-24-56-52(54)55)61-50(78)44(31(6)67)65(8)41(72)28-58-45(73)35(22-23-38(53)69)60-40(71)27-57-46(74)37(25-29(3)4)62-48(76)42(30(5)66)63-49(43)77/h10,29-33,35-37,42-44,66-68H,9,11-28H2,1-8H3,(H2,53,69)(H,57,74)(H,58,73)(H,59,70)(H,60,71)(H,61,78)(H,62,76)(H,63,77)(H,64,75)(H4,54,55,56)/b34-10-. The van der Waals surface area contributed by atoms with Crippen molar-refractivity contribution in [3.05, 3.63) is 11.8 Å². The molecule has 28 nitrogen and oxygen atoms in total. The summed E-state index contributed by atoms with van der Waals surface area (Å²) in [5.41, 5.74) is 15.9. The number of aliphatic hydroxyl groups is 3. The number of primary amides is 1. The maximum absolute atomic E-state index is 14.5. The highest BCUT2D eigenvalue weighted by Crippen LogP contribution is 2.15. The van der Waals surface area contributed by atoms with E-state index in [2.05, 4.69) is 54.5 Å². The number of nitrogens with one attached hydrogen (secondary N) is 8. The number of amides is 10. The molecule has 1 rings (SSSR count). The van der Waals surface area contributed by atoms with Crippen molar-refractivity contribution in [1.29, 1.82) is 0 Å². The van der Waals surface area contributed by atoms with Crippen molar-refractivity contribution in [1.82, 2.24) is 47.4 Å². The normalized spacial score (nSPS) is 23.0. The van der Waals surface area contributed by atoms with Gasteiger partial charge in [-0.25, -0.2) is 4.79 Å². The van der Waals surface area contributed by atoms with Gasteiger partial charge in [0, 0.05) is 20.0 Å². The van der Waals surface area contributed by atoms with Gasteiger partial charge in [-0.2, -0.15) is 0 Å². The molecule has 0 saturated carbocycles. The predicted octanol–water partition coefficient (Wildman–Crippen LogP) is -2.77. The smallest absolute Gasteiger partial charge is 0.328 e. The Hall–Kier alpha value is -6.94. The number of nitrogens with zero attached hydrogens (tertiary/aromatic N) is 2. The first kappa shape index (κ1) is 71.1. The van der Waals surface area contributed by atoms with E-state index < -0.39 is 151 Å². The topological polar surface area (TPSA) is 448 Å². The van der Waals surface area contributed by atoms with E-state index in [1.54, 1.807) is 13.8 Å². The molecule has 0 aromatic heterocycles. The molecule has 0 radical (unpaired) electrons. The molecule has 28 heteroatoms. The van der Waals surface area contributed by atoms with Crippen molar-refractivity contribution in [3.63, 3.8) is 0 Å². The molecule has 1 aliphatic rings. The minimum absolute atomic E-state index is 0.000166. The lowest BCUT2D eigenvalue weighted by atomic mass is 10.0. The van der Waals surface area contributed by atoms with Gasteiger partial charge in [-0.05, 0) is 65.7 Å². The second-order valence-electron chi connectivity index (χ2n) is 20.5. The molecule has 17 N–H and O–H groups in total. The zero-order valence-corrected chi connectivity index (χ0v) is 47.7. The van der Waals surface area contributed by atoms with Crippen LogP contribution in [0, 0.1) is 5.92 Å². The van der Waals surface area contributed by atoms with Crippen LogP contribution in [0.25, 0.3) is 0 Å². The van der Waals surface area contributed by atoms with Crippen LogP contribution in [0.4, 0.5) is 0 Å². The monoisotopic (exact) mass is 1140 g/mol. The van der Waals surface area contributed by atoms with Crippen LogP contribution in [0.5, 0.6) is 0 Å². The molecular weight excluding hydrogens is 1050 g/mol. The van der Waals surface area contributed by atoms with Crippen LogP contribution in [-0.2, 0) is 57.5 Å². The maximum atomic E-state index is 14.5. The molecular formula is C52H91N13O15. The van der Waals surface area contributed by atoms with Crippen molar-refractivity contribution in [2.75, 3.05) is 26.7 Å². The maximum Gasteiger partial charge on any atom is 0.328 e. The van der Waals surface area contributed by atoms with Crippen molar-refractivity contribution < 1.29 is 72.8 Å². The van der Waals surface area contributed by atoms with Crippen molar-refractivity contribution in [2.45, 2.75) is 212 Å². The lowest BCUT2D eigenvalue weighted by Gasteiger charge is -2.32. The fourth-order valence-electron chi connectivity index (χ4n) is 8.41. The number of esters is 1. The number of aliphatic imine (C=N–C) groups is 1. The highest BCUT2D eigenvalue weighted by molar-refractivity contribution is 6.01. The average Bonchev–Trinajstić information content (AvgIpc) is 3.37. The molecule has 0 spiro atoms. The molecule has 1 saturated heterocycles. The van der Waals surface area contributed by atoms with Gasteiger partial charge in [0.1, 0.15) is 48.1 Å². The highest BCUT2D eigenvalue weighted by atomic mass is 16.5. The van der Waals surface area contributed by atoms with Crippen LogP contribution >= 0.6 is 0 Å². The molecule has 0 aromatic rings. The van der Waals surface area contributed by atoms with E-state index in [0.29, 0.717) is 12.8 Å². The zero-order valence-electron chi connectivity index (χ0n) is 47.7. The van der Waals surface area contributed by atoms with Gasteiger partial charge < -0.3 is 84.7 Å². The van der Waals surface area contributed by atoms with Crippen LogP contribution in [0.2, 0.25) is 0 Å². The van der Waals surface area contributed by atoms with E-state index in [1.807, 2.05) is 0 Å². The van der Waals surface area contributed by atoms with Crippen LogP contribution < -0.4 is 59.7 Å². The first-order valence-electron chi connectivity index (χ1n) is 27.5. The molecule has 1 fully saturated rings. The number of likely N-dealkylation sites (N-methyl/N-ethyl adjacent to an activating group) is 1. The fourth-order valence-corrected chi connectivity index (χ4v) is 8.41. The summed E-state index contributed by atoms with van der Waals surface area (Å²) in [6.45, 7) is 8.74. The van der Waals surface area contributed by atoms with Gasteiger partial charge in [-0.1, -0.05) is 84.6 Å². The van der Waals surface area contributed by atoms with Gasteiger partial charge in [0.2, 0.25) is 53.2 Å². The molecule has 10 atom stereocenters. The number of hydrogen-bond donors (Lipinski definition) is 14. The van der Waals surface area contributed by atoms with Gasteiger partial charge in [-0.3, -0.25) is 52.9 Å². The first-order chi connectivity index (χ1) is 37.6. The second kappa shape index (κ2) is 37.8. The number of nitrogens with two attached hydrogens (primary N) is 3.